The number of halogens is 1. The van der Waals surface area contributed by atoms with Crippen LogP contribution in [0.2, 0.25) is 0 Å². The summed E-state index contributed by atoms with van der Waals surface area (Å²) in [5.41, 5.74) is 4.09. The summed E-state index contributed by atoms with van der Waals surface area (Å²) < 4.78 is 1.24. The largest absolute Gasteiger partial charge is 0.368 e. The lowest BCUT2D eigenvalue weighted by molar-refractivity contribution is 0.479. The van der Waals surface area contributed by atoms with E-state index in [4.69, 9.17) is 0 Å². The molecule has 0 saturated carbocycles. The van der Waals surface area contributed by atoms with Crippen molar-refractivity contribution in [3.8, 4) is 0 Å². The standard InChI is InChI=1S/C12H16BrN/c1-8-6-9(2)12(11(13)7-8)14-5-4-10(14)3/h6-7,10H,4-5H2,1-3H3. The van der Waals surface area contributed by atoms with E-state index < -0.39 is 0 Å². The maximum absolute atomic E-state index is 3.66. The van der Waals surface area contributed by atoms with Gasteiger partial charge in [-0.05, 0) is 60.3 Å². The molecule has 1 aliphatic heterocycles. The number of benzene rings is 1. The van der Waals surface area contributed by atoms with Gasteiger partial charge in [-0.3, -0.25) is 0 Å². The number of rotatable bonds is 1. The first kappa shape index (κ1) is 10.0. The quantitative estimate of drug-likeness (QED) is 0.739. The highest BCUT2D eigenvalue weighted by atomic mass is 79.9. The Balaban J connectivity index is 2.42. The molecule has 0 amide bonds. The molecule has 1 nitrogen and oxygen atoms in total. The van der Waals surface area contributed by atoms with Crippen LogP contribution in [0.25, 0.3) is 0 Å². The molecule has 1 atom stereocenters. The normalized spacial score (nSPS) is 20.9. The van der Waals surface area contributed by atoms with Crippen LogP contribution in [0.1, 0.15) is 24.5 Å². The summed E-state index contributed by atoms with van der Waals surface area (Å²) in [6.45, 7) is 7.82. The van der Waals surface area contributed by atoms with Crippen molar-refractivity contribution < 1.29 is 0 Å². The van der Waals surface area contributed by atoms with E-state index in [1.165, 1.54) is 34.3 Å². The van der Waals surface area contributed by atoms with Crippen LogP contribution in [0, 0.1) is 13.8 Å². The third kappa shape index (κ3) is 1.56. The van der Waals surface area contributed by atoms with E-state index in [0.717, 1.165) is 0 Å². The Morgan fingerprint density at radius 3 is 2.50 bits per heavy atom. The van der Waals surface area contributed by atoms with Crippen LogP contribution in [-0.2, 0) is 0 Å². The molecule has 0 spiro atoms. The predicted octanol–water partition coefficient (Wildman–Crippen LogP) is 3.66. The number of hydrogen-bond donors (Lipinski definition) is 0. The molecule has 0 N–H and O–H groups in total. The van der Waals surface area contributed by atoms with E-state index in [1.54, 1.807) is 0 Å². The summed E-state index contributed by atoms with van der Waals surface area (Å²) in [5, 5.41) is 0. The minimum Gasteiger partial charge on any atom is -0.368 e. The Kier molecular flexibility index (Phi) is 2.56. The van der Waals surface area contributed by atoms with Crippen molar-refractivity contribution in [1.82, 2.24) is 0 Å². The molecular weight excluding hydrogens is 238 g/mol. The molecular formula is C12H16BrN. The second-order valence-corrected chi connectivity index (χ2v) is 5.10. The zero-order chi connectivity index (χ0) is 10.3. The molecule has 1 aromatic rings. The lowest BCUT2D eigenvalue weighted by atomic mass is 10.0. The van der Waals surface area contributed by atoms with E-state index >= 15 is 0 Å². The smallest absolute Gasteiger partial charge is 0.0542 e. The maximum Gasteiger partial charge on any atom is 0.0542 e. The lowest BCUT2D eigenvalue weighted by Crippen LogP contribution is -2.46. The second kappa shape index (κ2) is 3.58. The molecule has 0 aliphatic carbocycles. The van der Waals surface area contributed by atoms with E-state index in [9.17, 15) is 0 Å². The fourth-order valence-electron chi connectivity index (χ4n) is 2.12. The molecule has 1 unspecified atom stereocenters. The summed E-state index contributed by atoms with van der Waals surface area (Å²) in [4.78, 5) is 2.47. The Bertz CT molecular complexity index is 336. The fraction of sp³-hybridized carbons (Fsp3) is 0.500. The first-order valence-electron chi connectivity index (χ1n) is 5.13. The van der Waals surface area contributed by atoms with Crippen LogP contribution in [0.3, 0.4) is 0 Å². The molecule has 1 fully saturated rings. The molecule has 1 saturated heterocycles. The van der Waals surface area contributed by atoms with E-state index in [1.807, 2.05) is 0 Å². The Morgan fingerprint density at radius 2 is 2.07 bits per heavy atom. The van der Waals surface area contributed by atoms with Gasteiger partial charge < -0.3 is 4.90 Å². The summed E-state index contributed by atoms with van der Waals surface area (Å²) in [6.07, 6.45) is 1.32. The molecule has 76 valence electrons. The number of nitrogens with zero attached hydrogens (tertiary/aromatic N) is 1. The lowest BCUT2D eigenvalue weighted by Gasteiger charge is -2.42. The van der Waals surface area contributed by atoms with Crippen molar-refractivity contribution >= 4 is 21.6 Å². The fourth-order valence-corrected chi connectivity index (χ4v) is 3.02. The molecule has 1 heterocycles. The maximum atomic E-state index is 3.66. The van der Waals surface area contributed by atoms with Crippen LogP contribution in [-0.4, -0.2) is 12.6 Å². The topological polar surface area (TPSA) is 3.24 Å². The van der Waals surface area contributed by atoms with Crippen LogP contribution in [0.15, 0.2) is 16.6 Å². The van der Waals surface area contributed by atoms with Gasteiger partial charge in [-0.1, -0.05) is 6.07 Å². The second-order valence-electron chi connectivity index (χ2n) is 4.24. The van der Waals surface area contributed by atoms with Crippen molar-refractivity contribution in [2.24, 2.45) is 0 Å². The molecule has 1 aromatic carbocycles. The van der Waals surface area contributed by atoms with Gasteiger partial charge in [0.25, 0.3) is 0 Å². The van der Waals surface area contributed by atoms with Crippen LogP contribution in [0.5, 0.6) is 0 Å². The molecule has 0 bridgehead atoms. The summed E-state index contributed by atoms with van der Waals surface area (Å²) in [5.74, 6) is 0. The highest BCUT2D eigenvalue weighted by Gasteiger charge is 2.26. The number of aryl methyl sites for hydroxylation is 2. The third-order valence-corrected chi connectivity index (χ3v) is 3.61. The van der Waals surface area contributed by atoms with Gasteiger partial charge >= 0.3 is 0 Å². The Hall–Kier alpha value is -0.500. The van der Waals surface area contributed by atoms with E-state index in [-0.39, 0.29) is 0 Å². The van der Waals surface area contributed by atoms with Crippen LogP contribution >= 0.6 is 15.9 Å². The highest BCUT2D eigenvalue weighted by Crippen LogP contribution is 2.36. The minimum atomic E-state index is 0.702. The van der Waals surface area contributed by atoms with Crippen LogP contribution in [0.4, 0.5) is 5.69 Å². The van der Waals surface area contributed by atoms with Gasteiger partial charge in [0, 0.05) is 17.1 Å². The zero-order valence-corrected chi connectivity index (χ0v) is 10.6. The van der Waals surface area contributed by atoms with Gasteiger partial charge in [0.15, 0.2) is 0 Å². The van der Waals surface area contributed by atoms with E-state index in [0.29, 0.717) is 6.04 Å². The van der Waals surface area contributed by atoms with Crippen molar-refractivity contribution in [3.05, 3.63) is 27.7 Å². The van der Waals surface area contributed by atoms with Gasteiger partial charge in [-0.2, -0.15) is 0 Å². The predicted molar refractivity (Wildman–Crippen MR) is 65.0 cm³/mol. The Morgan fingerprint density at radius 1 is 1.36 bits per heavy atom. The SMILES string of the molecule is Cc1cc(C)c(N2CCC2C)c(Br)c1. The monoisotopic (exact) mass is 253 g/mol. The van der Waals surface area contributed by atoms with Crippen molar-refractivity contribution in [2.45, 2.75) is 33.2 Å². The molecule has 2 rings (SSSR count). The molecule has 1 aliphatic rings. The van der Waals surface area contributed by atoms with Crippen molar-refractivity contribution in [3.63, 3.8) is 0 Å². The first-order valence-corrected chi connectivity index (χ1v) is 5.92. The zero-order valence-electron chi connectivity index (χ0n) is 8.97. The summed E-state index contributed by atoms with van der Waals surface area (Å²) in [7, 11) is 0. The summed E-state index contributed by atoms with van der Waals surface area (Å²) >= 11 is 3.66. The van der Waals surface area contributed by atoms with Crippen molar-refractivity contribution in [1.29, 1.82) is 0 Å². The molecule has 0 aromatic heterocycles. The molecule has 0 radical (unpaired) electrons. The van der Waals surface area contributed by atoms with Gasteiger partial charge in [0.1, 0.15) is 0 Å². The van der Waals surface area contributed by atoms with E-state index in [2.05, 4.69) is 53.7 Å². The third-order valence-electron chi connectivity index (χ3n) is 3.01. The van der Waals surface area contributed by atoms with Gasteiger partial charge in [0.2, 0.25) is 0 Å². The van der Waals surface area contributed by atoms with Gasteiger partial charge in [0.05, 0.1) is 5.69 Å². The molecule has 14 heavy (non-hydrogen) atoms. The summed E-state index contributed by atoms with van der Waals surface area (Å²) in [6, 6.07) is 5.16. The van der Waals surface area contributed by atoms with Crippen molar-refractivity contribution in [2.75, 3.05) is 11.4 Å². The van der Waals surface area contributed by atoms with Crippen LogP contribution < -0.4 is 4.90 Å². The average molecular weight is 254 g/mol. The van der Waals surface area contributed by atoms with Gasteiger partial charge in [-0.25, -0.2) is 0 Å². The van der Waals surface area contributed by atoms with Gasteiger partial charge in [-0.15, -0.1) is 0 Å². The first-order chi connectivity index (χ1) is 6.59. The molecule has 2 heteroatoms. The number of anilines is 1. The average Bonchev–Trinajstić information content (AvgIpc) is 2.08. The Labute approximate surface area is 94.2 Å². The number of hydrogen-bond acceptors (Lipinski definition) is 1. The minimum absolute atomic E-state index is 0.702. The highest BCUT2D eigenvalue weighted by molar-refractivity contribution is 9.10.